The summed E-state index contributed by atoms with van der Waals surface area (Å²) in [5.74, 6) is 6.51. The van der Waals surface area contributed by atoms with E-state index >= 15 is 0 Å². The summed E-state index contributed by atoms with van der Waals surface area (Å²) in [7, 11) is 0. The van der Waals surface area contributed by atoms with Gasteiger partial charge in [-0.25, -0.2) is 0 Å². The first kappa shape index (κ1) is 15.1. The first-order valence-electron chi connectivity index (χ1n) is 7.09. The molecule has 1 atom stereocenters. The molecule has 1 aliphatic rings. The van der Waals surface area contributed by atoms with Crippen molar-refractivity contribution in [2.24, 2.45) is 11.8 Å². The van der Waals surface area contributed by atoms with Gasteiger partial charge in [-0.15, -0.1) is 0 Å². The number of hydrogen-bond acceptors (Lipinski definition) is 2. The molecule has 3 N–H and O–H groups in total. The van der Waals surface area contributed by atoms with Crippen molar-refractivity contribution in [3.05, 3.63) is 33.8 Å². The van der Waals surface area contributed by atoms with E-state index in [0.29, 0.717) is 16.1 Å². The van der Waals surface area contributed by atoms with Crippen molar-refractivity contribution >= 4 is 23.2 Å². The van der Waals surface area contributed by atoms with Crippen LogP contribution in [0.1, 0.15) is 44.1 Å². The van der Waals surface area contributed by atoms with Crippen LogP contribution in [0, 0.1) is 5.92 Å². The van der Waals surface area contributed by atoms with Gasteiger partial charge in [-0.2, -0.15) is 0 Å². The molecule has 0 radical (unpaired) electrons. The molecule has 2 rings (SSSR count). The van der Waals surface area contributed by atoms with E-state index in [1.54, 1.807) is 0 Å². The minimum absolute atomic E-state index is 0.320. The fourth-order valence-corrected chi connectivity index (χ4v) is 3.31. The van der Waals surface area contributed by atoms with Gasteiger partial charge in [-0.1, -0.05) is 61.4 Å². The minimum atomic E-state index is 0.320. The summed E-state index contributed by atoms with van der Waals surface area (Å²) in [6.45, 7) is 0. The van der Waals surface area contributed by atoms with E-state index in [2.05, 4.69) is 5.43 Å². The summed E-state index contributed by atoms with van der Waals surface area (Å²) < 4.78 is 0. The second kappa shape index (κ2) is 7.49. The molecule has 19 heavy (non-hydrogen) atoms. The largest absolute Gasteiger partial charge is 0.271 e. The lowest BCUT2D eigenvalue weighted by Crippen LogP contribution is -2.38. The van der Waals surface area contributed by atoms with Gasteiger partial charge >= 0.3 is 0 Å². The normalized spacial score (nSPS) is 18.5. The van der Waals surface area contributed by atoms with Gasteiger partial charge in [0.25, 0.3) is 0 Å². The van der Waals surface area contributed by atoms with E-state index in [0.717, 1.165) is 18.8 Å². The van der Waals surface area contributed by atoms with Crippen molar-refractivity contribution in [1.29, 1.82) is 0 Å². The SMILES string of the molecule is NNC(Cc1ccc(Cl)c(Cl)c1)CC1CCCCC1. The van der Waals surface area contributed by atoms with Gasteiger partial charge in [0.2, 0.25) is 0 Å². The highest BCUT2D eigenvalue weighted by Crippen LogP contribution is 2.28. The van der Waals surface area contributed by atoms with Gasteiger partial charge in [-0.3, -0.25) is 11.3 Å². The zero-order valence-corrected chi connectivity index (χ0v) is 12.7. The van der Waals surface area contributed by atoms with Crippen LogP contribution in [0.4, 0.5) is 0 Å². The quantitative estimate of drug-likeness (QED) is 0.627. The van der Waals surface area contributed by atoms with Crippen LogP contribution in [0.2, 0.25) is 10.0 Å². The zero-order valence-electron chi connectivity index (χ0n) is 11.2. The van der Waals surface area contributed by atoms with Crippen molar-refractivity contribution in [1.82, 2.24) is 5.43 Å². The third kappa shape index (κ3) is 4.64. The highest BCUT2D eigenvalue weighted by Gasteiger charge is 2.18. The van der Waals surface area contributed by atoms with E-state index in [9.17, 15) is 0 Å². The summed E-state index contributed by atoms with van der Waals surface area (Å²) in [5, 5.41) is 1.22. The van der Waals surface area contributed by atoms with Crippen LogP contribution in [0.3, 0.4) is 0 Å². The molecule has 0 aromatic heterocycles. The predicted octanol–water partition coefficient (Wildman–Crippen LogP) is 4.34. The van der Waals surface area contributed by atoms with Gasteiger partial charge in [0, 0.05) is 6.04 Å². The molecule has 106 valence electrons. The molecule has 1 aromatic rings. The number of rotatable bonds is 5. The third-order valence-electron chi connectivity index (χ3n) is 4.04. The Morgan fingerprint density at radius 2 is 1.89 bits per heavy atom. The molecule has 0 heterocycles. The topological polar surface area (TPSA) is 38.0 Å². The maximum Gasteiger partial charge on any atom is 0.0595 e. The molecule has 1 fully saturated rings. The first-order chi connectivity index (χ1) is 9.19. The molecule has 0 saturated heterocycles. The Kier molecular flexibility index (Phi) is 5.96. The summed E-state index contributed by atoms with van der Waals surface area (Å²) in [5.41, 5.74) is 4.14. The first-order valence-corrected chi connectivity index (χ1v) is 7.84. The number of nitrogens with one attached hydrogen (secondary N) is 1. The van der Waals surface area contributed by atoms with E-state index in [-0.39, 0.29) is 0 Å². The second-order valence-electron chi connectivity index (χ2n) is 5.56. The van der Waals surface area contributed by atoms with Crippen molar-refractivity contribution in [3.63, 3.8) is 0 Å². The molecular formula is C15H22Cl2N2. The zero-order chi connectivity index (χ0) is 13.7. The smallest absolute Gasteiger partial charge is 0.0595 e. The maximum atomic E-state index is 6.05. The summed E-state index contributed by atoms with van der Waals surface area (Å²) in [4.78, 5) is 0. The molecule has 2 nitrogen and oxygen atoms in total. The Bertz CT molecular complexity index is 403. The Morgan fingerprint density at radius 1 is 1.16 bits per heavy atom. The van der Waals surface area contributed by atoms with Crippen LogP contribution < -0.4 is 11.3 Å². The highest BCUT2D eigenvalue weighted by molar-refractivity contribution is 6.42. The third-order valence-corrected chi connectivity index (χ3v) is 4.78. The van der Waals surface area contributed by atoms with Crippen molar-refractivity contribution in [3.8, 4) is 0 Å². The lowest BCUT2D eigenvalue weighted by Gasteiger charge is -2.26. The van der Waals surface area contributed by atoms with Crippen molar-refractivity contribution < 1.29 is 0 Å². The van der Waals surface area contributed by atoms with E-state index in [1.807, 2.05) is 18.2 Å². The van der Waals surface area contributed by atoms with Gasteiger partial charge in [0.15, 0.2) is 0 Å². The molecule has 1 aliphatic carbocycles. The van der Waals surface area contributed by atoms with Gasteiger partial charge in [0.1, 0.15) is 0 Å². The van der Waals surface area contributed by atoms with Gasteiger partial charge < -0.3 is 0 Å². The fraction of sp³-hybridized carbons (Fsp3) is 0.600. The average molecular weight is 301 g/mol. The van der Waals surface area contributed by atoms with Crippen LogP contribution in [0.5, 0.6) is 0 Å². The van der Waals surface area contributed by atoms with Gasteiger partial charge in [-0.05, 0) is 36.5 Å². The predicted molar refractivity (Wildman–Crippen MR) is 82.5 cm³/mol. The molecule has 1 unspecified atom stereocenters. The molecule has 1 saturated carbocycles. The molecule has 0 bridgehead atoms. The van der Waals surface area contributed by atoms with E-state index in [1.165, 1.54) is 37.7 Å². The Labute approximate surface area is 125 Å². The number of hydrazine groups is 1. The summed E-state index contributed by atoms with van der Waals surface area (Å²) >= 11 is 12.0. The van der Waals surface area contributed by atoms with Gasteiger partial charge in [0.05, 0.1) is 10.0 Å². The van der Waals surface area contributed by atoms with Crippen LogP contribution in [-0.4, -0.2) is 6.04 Å². The lowest BCUT2D eigenvalue weighted by molar-refractivity contribution is 0.298. The van der Waals surface area contributed by atoms with Crippen LogP contribution in [0.15, 0.2) is 18.2 Å². The Balaban J connectivity index is 1.92. The molecule has 0 amide bonds. The van der Waals surface area contributed by atoms with Crippen LogP contribution >= 0.6 is 23.2 Å². The maximum absolute atomic E-state index is 6.05. The Hall–Kier alpha value is -0.280. The number of benzene rings is 1. The monoisotopic (exact) mass is 300 g/mol. The standard InChI is InChI=1S/C15H22Cl2N2/c16-14-7-6-12(10-15(14)17)9-13(19-18)8-11-4-2-1-3-5-11/h6-7,10-11,13,19H,1-5,8-9,18H2. The summed E-state index contributed by atoms with van der Waals surface area (Å²) in [6.07, 6.45) is 8.88. The molecule has 0 aliphatic heterocycles. The summed E-state index contributed by atoms with van der Waals surface area (Å²) in [6, 6.07) is 6.14. The lowest BCUT2D eigenvalue weighted by atomic mass is 9.84. The highest BCUT2D eigenvalue weighted by atomic mass is 35.5. The average Bonchev–Trinajstić information content (AvgIpc) is 2.43. The Morgan fingerprint density at radius 3 is 2.53 bits per heavy atom. The minimum Gasteiger partial charge on any atom is -0.271 e. The van der Waals surface area contributed by atoms with Crippen LogP contribution in [0.25, 0.3) is 0 Å². The molecule has 4 heteroatoms. The number of hydrogen-bond donors (Lipinski definition) is 2. The number of nitrogens with two attached hydrogens (primary N) is 1. The van der Waals surface area contributed by atoms with Crippen molar-refractivity contribution in [2.45, 2.75) is 51.0 Å². The molecule has 1 aromatic carbocycles. The molecular weight excluding hydrogens is 279 g/mol. The van der Waals surface area contributed by atoms with Crippen molar-refractivity contribution in [2.75, 3.05) is 0 Å². The molecule has 0 spiro atoms. The second-order valence-corrected chi connectivity index (χ2v) is 6.37. The number of halogens is 2. The van der Waals surface area contributed by atoms with Crippen LogP contribution in [-0.2, 0) is 6.42 Å². The van der Waals surface area contributed by atoms with E-state index in [4.69, 9.17) is 29.0 Å². The fourth-order valence-electron chi connectivity index (χ4n) is 2.99. The van der Waals surface area contributed by atoms with E-state index < -0.39 is 0 Å².